The van der Waals surface area contributed by atoms with Crippen LogP contribution in [0.25, 0.3) is 0 Å². The third-order valence-electron chi connectivity index (χ3n) is 1.17. The molecule has 6 nitrogen and oxygen atoms in total. The molecule has 0 radical (unpaired) electrons. The molecule has 7 heteroatoms. The van der Waals surface area contributed by atoms with Crippen molar-refractivity contribution in [2.75, 3.05) is 19.8 Å². The number of hydrogen-bond acceptors (Lipinski definition) is 6. The summed E-state index contributed by atoms with van der Waals surface area (Å²) < 4.78 is 4.90. The van der Waals surface area contributed by atoms with Crippen LogP contribution in [0, 0.1) is 0 Å². The third-order valence-corrected chi connectivity index (χ3v) is 1.17. The molecule has 0 spiro atoms. The van der Waals surface area contributed by atoms with Crippen LogP contribution < -0.4 is 5.50 Å². The Labute approximate surface area is 85.3 Å². The van der Waals surface area contributed by atoms with E-state index in [-0.39, 0.29) is 12.7 Å². The van der Waals surface area contributed by atoms with Crippen LogP contribution in [0.2, 0.25) is 0 Å². The van der Waals surface area contributed by atoms with E-state index in [0.717, 1.165) is 12.8 Å². The highest BCUT2D eigenvalue weighted by Gasteiger charge is 2.00. The van der Waals surface area contributed by atoms with Gasteiger partial charge in [0.2, 0.25) is 8.53 Å². The molecule has 1 atom stereocenters. The molecule has 0 heterocycles. The van der Waals surface area contributed by atoms with E-state index in [1.54, 1.807) is 0 Å². The van der Waals surface area contributed by atoms with Gasteiger partial charge in [0, 0.05) is 0 Å². The van der Waals surface area contributed by atoms with Crippen molar-refractivity contribution in [1.82, 2.24) is 0 Å². The van der Waals surface area contributed by atoms with Crippen LogP contribution in [0.4, 0.5) is 0 Å². The maximum absolute atomic E-state index is 9.07. The minimum absolute atomic E-state index is 0.0266. The van der Waals surface area contributed by atoms with Crippen molar-refractivity contribution in [3.63, 3.8) is 0 Å². The van der Waals surface area contributed by atoms with Gasteiger partial charge in [0.25, 0.3) is 0 Å². The van der Waals surface area contributed by atoms with Crippen molar-refractivity contribution in [1.29, 1.82) is 0 Å². The zero-order valence-electron chi connectivity index (χ0n) is 8.33. The molecule has 14 heavy (non-hydrogen) atoms. The Bertz CT molecular complexity index is 103. The third kappa shape index (κ3) is 22.8. The zero-order chi connectivity index (χ0) is 11.4. The van der Waals surface area contributed by atoms with E-state index in [4.69, 9.17) is 24.7 Å². The van der Waals surface area contributed by atoms with Gasteiger partial charge in [-0.15, -0.1) is 0 Å². The van der Waals surface area contributed by atoms with Crippen molar-refractivity contribution >= 4 is 8.53 Å². The highest BCUT2D eigenvalue weighted by molar-refractivity contribution is 7.42. The average Bonchev–Trinajstić information content (AvgIpc) is 2.04. The van der Waals surface area contributed by atoms with Gasteiger partial charge in [0.1, 0.15) is 0 Å². The lowest BCUT2D eigenvalue weighted by Gasteiger charge is -2.08. The van der Waals surface area contributed by atoms with Gasteiger partial charge in [0.15, 0.2) is 0 Å². The van der Waals surface area contributed by atoms with Gasteiger partial charge < -0.3 is 24.7 Å². The van der Waals surface area contributed by atoms with Gasteiger partial charge in [0.05, 0.1) is 25.9 Å². The fraction of sp³-hybridized carbons (Fsp3) is 1.00. The quantitative estimate of drug-likeness (QED) is 0.304. The van der Waals surface area contributed by atoms with Crippen LogP contribution in [0.1, 0.15) is 19.8 Å². The first-order valence-corrected chi connectivity index (χ1v) is 5.65. The number of aliphatic hydroxyl groups is 2. The Morgan fingerprint density at radius 1 is 1.43 bits per heavy atom. The largest absolute Gasteiger partial charge is 0.394 e. The SMILES string of the molecule is CCCC(O)COCCO.NP(O)O. The molecule has 6 N–H and O–H groups in total. The molecule has 0 rings (SSSR count). The average molecular weight is 229 g/mol. The van der Waals surface area contributed by atoms with Gasteiger partial charge >= 0.3 is 0 Å². The van der Waals surface area contributed by atoms with Crippen LogP contribution in [0.3, 0.4) is 0 Å². The highest BCUT2D eigenvalue weighted by Crippen LogP contribution is 2.05. The predicted molar refractivity (Wildman–Crippen MR) is 54.4 cm³/mol. The second-order valence-electron chi connectivity index (χ2n) is 2.56. The van der Waals surface area contributed by atoms with Crippen LogP contribution in [-0.4, -0.2) is 45.9 Å². The highest BCUT2D eigenvalue weighted by atomic mass is 31.2. The monoisotopic (exact) mass is 229 g/mol. The van der Waals surface area contributed by atoms with E-state index in [1.165, 1.54) is 0 Å². The van der Waals surface area contributed by atoms with Gasteiger partial charge in [-0.25, -0.2) is 0 Å². The van der Waals surface area contributed by atoms with E-state index >= 15 is 0 Å². The van der Waals surface area contributed by atoms with Crippen molar-refractivity contribution in [2.24, 2.45) is 5.50 Å². The normalized spacial score (nSPS) is 12.2. The van der Waals surface area contributed by atoms with E-state index in [9.17, 15) is 0 Å². The second-order valence-corrected chi connectivity index (χ2v) is 3.20. The van der Waals surface area contributed by atoms with Crippen LogP contribution >= 0.6 is 8.53 Å². The van der Waals surface area contributed by atoms with Crippen molar-refractivity contribution < 1.29 is 24.7 Å². The van der Waals surface area contributed by atoms with Crippen molar-refractivity contribution in [3.05, 3.63) is 0 Å². The standard InChI is InChI=1S/C7H16O3.H4NO2P/c1-2-3-7(9)6-10-5-4-8;1-4(2)3/h7-9H,2-6H2,1H3;2-3H,1H2. The Morgan fingerprint density at radius 2 is 1.93 bits per heavy atom. The molecule has 0 aliphatic rings. The Balaban J connectivity index is 0. The molecule has 0 amide bonds. The lowest BCUT2D eigenvalue weighted by Crippen LogP contribution is -2.16. The van der Waals surface area contributed by atoms with Crippen LogP contribution in [0.5, 0.6) is 0 Å². The Kier molecular flexibility index (Phi) is 15.7. The molecule has 0 fully saturated rings. The first kappa shape index (κ1) is 16.6. The fourth-order valence-corrected chi connectivity index (χ4v) is 0.700. The summed E-state index contributed by atoms with van der Waals surface area (Å²) >= 11 is 0. The minimum Gasteiger partial charge on any atom is -0.394 e. The first-order valence-electron chi connectivity index (χ1n) is 4.33. The summed E-state index contributed by atoms with van der Waals surface area (Å²) in [6.45, 7) is 2.70. The molecule has 0 aliphatic heterocycles. The summed E-state index contributed by atoms with van der Waals surface area (Å²) in [5, 5.41) is 17.4. The topological polar surface area (TPSA) is 116 Å². The summed E-state index contributed by atoms with van der Waals surface area (Å²) in [4.78, 5) is 14.9. The van der Waals surface area contributed by atoms with E-state index in [0.29, 0.717) is 13.2 Å². The maximum Gasteiger partial charge on any atom is 0.247 e. The molecular weight excluding hydrogens is 209 g/mol. The molecule has 0 saturated heterocycles. The summed E-state index contributed by atoms with van der Waals surface area (Å²) in [5.74, 6) is 0. The minimum atomic E-state index is -2.12. The van der Waals surface area contributed by atoms with Crippen LogP contribution in [-0.2, 0) is 4.74 Å². The van der Waals surface area contributed by atoms with Gasteiger partial charge in [-0.2, -0.15) is 0 Å². The van der Waals surface area contributed by atoms with E-state index in [1.807, 2.05) is 6.92 Å². The van der Waals surface area contributed by atoms with E-state index in [2.05, 4.69) is 5.50 Å². The molecule has 0 aromatic carbocycles. The van der Waals surface area contributed by atoms with Crippen molar-refractivity contribution in [3.8, 4) is 0 Å². The Hall–Kier alpha value is 0.190. The van der Waals surface area contributed by atoms with Crippen LogP contribution in [0.15, 0.2) is 0 Å². The molecular formula is C7H20NO5P. The number of hydrogen-bond donors (Lipinski definition) is 5. The second kappa shape index (κ2) is 13.2. The van der Waals surface area contributed by atoms with Gasteiger partial charge in [-0.1, -0.05) is 13.3 Å². The summed E-state index contributed by atoms with van der Waals surface area (Å²) in [5.41, 5.74) is 4.29. The smallest absolute Gasteiger partial charge is 0.247 e. The summed E-state index contributed by atoms with van der Waals surface area (Å²) in [6.07, 6.45) is 1.37. The lowest BCUT2D eigenvalue weighted by molar-refractivity contribution is 0.0178. The maximum atomic E-state index is 9.07. The number of rotatable bonds is 6. The molecule has 1 unspecified atom stereocenters. The lowest BCUT2D eigenvalue weighted by atomic mass is 10.2. The van der Waals surface area contributed by atoms with Gasteiger partial charge in [-0.3, -0.25) is 5.50 Å². The molecule has 0 saturated carbocycles. The molecule has 0 bridgehead atoms. The van der Waals surface area contributed by atoms with E-state index < -0.39 is 8.53 Å². The number of nitrogens with two attached hydrogens (primary N) is 1. The molecule has 0 aromatic rings. The number of ether oxygens (including phenoxy) is 1. The summed E-state index contributed by atoms with van der Waals surface area (Å²) in [7, 11) is -2.12. The Morgan fingerprint density at radius 3 is 2.29 bits per heavy atom. The predicted octanol–water partition coefficient (Wildman–Crippen LogP) is -0.687. The molecule has 0 aliphatic carbocycles. The molecule has 88 valence electrons. The molecule has 0 aromatic heterocycles. The fourth-order valence-electron chi connectivity index (χ4n) is 0.700. The zero-order valence-corrected chi connectivity index (χ0v) is 9.23. The summed E-state index contributed by atoms with van der Waals surface area (Å²) in [6, 6.07) is 0. The number of aliphatic hydroxyl groups excluding tert-OH is 2. The van der Waals surface area contributed by atoms with Gasteiger partial charge in [-0.05, 0) is 6.42 Å². The first-order chi connectivity index (χ1) is 6.54. The van der Waals surface area contributed by atoms with Crippen molar-refractivity contribution in [2.45, 2.75) is 25.9 Å².